The number of rotatable bonds is 4. The first-order chi connectivity index (χ1) is 15.7. The predicted molar refractivity (Wildman–Crippen MR) is 120 cm³/mol. The largest absolute Gasteiger partial charge is 0.491 e. The van der Waals surface area contributed by atoms with Crippen LogP contribution >= 0.6 is 0 Å². The van der Waals surface area contributed by atoms with Crippen molar-refractivity contribution in [3.63, 3.8) is 0 Å². The van der Waals surface area contributed by atoms with Crippen molar-refractivity contribution < 1.29 is 14.3 Å². The Morgan fingerprint density at radius 1 is 1.03 bits per heavy atom. The molecule has 1 aromatic carbocycles. The highest BCUT2D eigenvalue weighted by molar-refractivity contribution is 5.96. The standard InChI is InChI=1S/C25H24N4O3/c30-24(18-6-7-22(27-15-18)25(31)29-12-1-2-13-29)28-19-14-21-20(17-8-10-26-11-9-17)4-3-5-23(21)32-16-19/h3-11,15,19H,1-2,12-14,16H2,(H,28,30)/t19-/m0/s1. The van der Waals surface area contributed by atoms with Gasteiger partial charge in [0.2, 0.25) is 0 Å². The summed E-state index contributed by atoms with van der Waals surface area (Å²) in [5.74, 6) is 0.544. The number of benzene rings is 1. The molecule has 1 N–H and O–H groups in total. The summed E-state index contributed by atoms with van der Waals surface area (Å²) in [6.07, 6.45) is 7.73. The van der Waals surface area contributed by atoms with Crippen molar-refractivity contribution in [2.75, 3.05) is 19.7 Å². The molecule has 2 aliphatic heterocycles. The van der Waals surface area contributed by atoms with E-state index in [9.17, 15) is 9.59 Å². The van der Waals surface area contributed by atoms with E-state index in [1.165, 1.54) is 6.20 Å². The number of ether oxygens (including phenoxy) is 1. The average Bonchev–Trinajstić information content (AvgIpc) is 3.39. The Bertz CT molecular complexity index is 1130. The molecule has 2 aliphatic rings. The van der Waals surface area contributed by atoms with E-state index in [4.69, 9.17) is 4.74 Å². The molecule has 0 saturated carbocycles. The number of aromatic nitrogens is 2. The van der Waals surface area contributed by atoms with Gasteiger partial charge in [0.15, 0.2) is 0 Å². The maximum absolute atomic E-state index is 12.8. The van der Waals surface area contributed by atoms with E-state index in [0.717, 1.165) is 48.4 Å². The summed E-state index contributed by atoms with van der Waals surface area (Å²) >= 11 is 0. The van der Waals surface area contributed by atoms with Gasteiger partial charge in [-0.25, -0.2) is 0 Å². The minimum absolute atomic E-state index is 0.0737. The molecule has 4 heterocycles. The van der Waals surface area contributed by atoms with E-state index >= 15 is 0 Å². The molecule has 0 bridgehead atoms. The van der Waals surface area contributed by atoms with Gasteiger partial charge in [0, 0.05) is 43.7 Å². The normalized spacial score (nSPS) is 17.4. The molecule has 32 heavy (non-hydrogen) atoms. The van der Waals surface area contributed by atoms with E-state index < -0.39 is 0 Å². The third kappa shape index (κ3) is 4.06. The van der Waals surface area contributed by atoms with Crippen LogP contribution in [0.2, 0.25) is 0 Å². The van der Waals surface area contributed by atoms with Crippen molar-refractivity contribution >= 4 is 11.8 Å². The zero-order chi connectivity index (χ0) is 21.9. The monoisotopic (exact) mass is 428 g/mol. The first-order valence-electron chi connectivity index (χ1n) is 10.9. The minimum atomic E-state index is -0.226. The number of carbonyl (C=O) groups is 2. The highest BCUT2D eigenvalue weighted by Gasteiger charge is 2.25. The van der Waals surface area contributed by atoms with Gasteiger partial charge in [-0.05, 0) is 54.3 Å². The number of carbonyl (C=O) groups excluding carboxylic acids is 2. The van der Waals surface area contributed by atoms with Crippen molar-refractivity contribution in [3.8, 4) is 16.9 Å². The predicted octanol–water partition coefficient (Wildman–Crippen LogP) is 3.11. The third-order valence-electron chi connectivity index (χ3n) is 5.99. The van der Waals surface area contributed by atoms with Gasteiger partial charge in [0.05, 0.1) is 11.6 Å². The second kappa shape index (κ2) is 8.78. The number of hydrogen-bond acceptors (Lipinski definition) is 5. The Morgan fingerprint density at radius 3 is 2.59 bits per heavy atom. The SMILES string of the molecule is O=C(N[C@@H]1COc2cccc(-c3ccncc3)c2C1)c1ccc(C(=O)N2CCCC2)nc1. The smallest absolute Gasteiger partial charge is 0.272 e. The van der Waals surface area contributed by atoms with Gasteiger partial charge in [0.1, 0.15) is 18.1 Å². The van der Waals surface area contributed by atoms with Crippen LogP contribution in [0.1, 0.15) is 39.3 Å². The summed E-state index contributed by atoms with van der Waals surface area (Å²) in [7, 11) is 0. The molecule has 3 aromatic rings. The fourth-order valence-electron chi connectivity index (χ4n) is 4.31. The second-order valence-electron chi connectivity index (χ2n) is 8.14. The first kappa shape index (κ1) is 20.2. The number of likely N-dealkylation sites (tertiary alicyclic amines) is 1. The Labute approximate surface area is 186 Å². The molecule has 162 valence electrons. The van der Waals surface area contributed by atoms with Gasteiger partial charge in [-0.2, -0.15) is 0 Å². The van der Waals surface area contributed by atoms with Crippen LogP contribution in [0, 0.1) is 0 Å². The molecule has 7 heteroatoms. The topological polar surface area (TPSA) is 84.4 Å². The molecular weight excluding hydrogens is 404 g/mol. The first-order valence-corrected chi connectivity index (χ1v) is 10.9. The molecule has 1 saturated heterocycles. The van der Waals surface area contributed by atoms with Crippen molar-refractivity contribution in [1.29, 1.82) is 0 Å². The molecule has 0 radical (unpaired) electrons. The Kier molecular flexibility index (Phi) is 5.54. The molecular formula is C25H24N4O3. The Balaban J connectivity index is 1.28. The van der Waals surface area contributed by atoms with Crippen molar-refractivity contribution in [1.82, 2.24) is 20.2 Å². The van der Waals surface area contributed by atoms with Crippen LogP contribution in [0.25, 0.3) is 11.1 Å². The van der Waals surface area contributed by atoms with Gasteiger partial charge in [-0.15, -0.1) is 0 Å². The number of hydrogen-bond donors (Lipinski definition) is 1. The van der Waals surface area contributed by atoms with Gasteiger partial charge >= 0.3 is 0 Å². The van der Waals surface area contributed by atoms with Crippen LogP contribution in [0.5, 0.6) is 5.75 Å². The number of nitrogens with zero attached hydrogens (tertiary/aromatic N) is 3. The Hall–Kier alpha value is -3.74. The van der Waals surface area contributed by atoms with E-state index in [1.54, 1.807) is 29.4 Å². The van der Waals surface area contributed by atoms with Crippen molar-refractivity contribution in [2.45, 2.75) is 25.3 Å². The lowest BCUT2D eigenvalue weighted by Crippen LogP contribution is -2.43. The lowest BCUT2D eigenvalue weighted by Gasteiger charge is -2.28. The highest BCUT2D eigenvalue weighted by Crippen LogP contribution is 2.34. The van der Waals surface area contributed by atoms with Crippen LogP contribution in [-0.4, -0.2) is 52.4 Å². The average molecular weight is 428 g/mol. The summed E-state index contributed by atoms with van der Waals surface area (Å²) in [5, 5.41) is 3.05. The molecule has 0 aliphatic carbocycles. The van der Waals surface area contributed by atoms with Gasteiger partial charge < -0.3 is 15.0 Å². The second-order valence-corrected chi connectivity index (χ2v) is 8.14. The maximum atomic E-state index is 12.8. The summed E-state index contributed by atoms with van der Waals surface area (Å²) in [6, 6.07) is 13.0. The lowest BCUT2D eigenvalue weighted by molar-refractivity contribution is 0.0785. The number of pyridine rings is 2. The lowest BCUT2D eigenvalue weighted by atomic mass is 9.93. The van der Waals surface area contributed by atoms with Crippen molar-refractivity contribution in [3.05, 3.63) is 77.9 Å². The van der Waals surface area contributed by atoms with Crippen molar-refractivity contribution in [2.24, 2.45) is 0 Å². The number of amides is 2. The fraction of sp³-hybridized carbons (Fsp3) is 0.280. The number of nitrogens with one attached hydrogen (secondary N) is 1. The highest BCUT2D eigenvalue weighted by atomic mass is 16.5. The molecule has 1 atom stereocenters. The summed E-state index contributed by atoms with van der Waals surface area (Å²) in [5.41, 5.74) is 4.02. The molecule has 0 spiro atoms. The molecule has 2 amide bonds. The zero-order valence-electron chi connectivity index (χ0n) is 17.7. The fourth-order valence-corrected chi connectivity index (χ4v) is 4.31. The molecule has 1 fully saturated rings. The molecule has 0 unspecified atom stereocenters. The summed E-state index contributed by atoms with van der Waals surface area (Å²) < 4.78 is 5.95. The summed E-state index contributed by atoms with van der Waals surface area (Å²) in [4.78, 5) is 35.4. The molecule has 2 aromatic heterocycles. The molecule has 5 rings (SSSR count). The molecule has 7 nitrogen and oxygen atoms in total. The maximum Gasteiger partial charge on any atom is 0.272 e. The van der Waals surface area contributed by atoms with Gasteiger partial charge in [-0.3, -0.25) is 19.6 Å². The third-order valence-corrected chi connectivity index (χ3v) is 5.99. The van der Waals surface area contributed by atoms with E-state index in [0.29, 0.717) is 24.3 Å². The Morgan fingerprint density at radius 2 is 1.84 bits per heavy atom. The summed E-state index contributed by atoms with van der Waals surface area (Å²) in [6.45, 7) is 1.94. The van der Waals surface area contributed by atoms with Crippen LogP contribution in [0.15, 0.2) is 61.1 Å². The van der Waals surface area contributed by atoms with E-state index in [-0.39, 0.29) is 17.9 Å². The van der Waals surface area contributed by atoms with Gasteiger partial charge in [0.25, 0.3) is 11.8 Å². The zero-order valence-corrected chi connectivity index (χ0v) is 17.7. The van der Waals surface area contributed by atoms with Crippen LogP contribution < -0.4 is 10.1 Å². The van der Waals surface area contributed by atoms with E-state index in [1.807, 2.05) is 24.3 Å². The van der Waals surface area contributed by atoms with E-state index in [2.05, 4.69) is 21.4 Å². The number of fused-ring (bicyclic) bond motifs is 1. The van der Waals surface area contributed by atoms with Crippen LogP contribution in [-0.2, 0) is 6.42 Å². The quantitative estimate of drug-likeness (QED) is 0.690. The minimum Gasteiger partial charge on any atom is -0.491 e. The van der Waals surface area contributed by atoms with Crippen LogP contribution in [0.4, 0.5) is 0 Å². The van der Waals surface area contributed by atoms with Gasteiger partial charge in [-0.1, -0.05) is 12.1 Å². The van der Waals surface area contributed by atoms with Crippen LogP contribution in [0.3, 0.4) is 0 Å².